The van der Waals surface area contributed by atoms with Gasteiger partial charge in [-0.1, -0.05) is 40.2 Å². The van der Waals surface area contributed by atoms with Crippen molar-refractivity contribution in [1.29, 1.82) is 0 Å². The maximum absolute atomic E-state index is 12.8. The van der Waals surface area contributed by atoms with Gasteiger partial charge in [-0.3, -0.25) is 19.6 Å². The van der Waals surface area contributed by atoms with Crippen LogP contribution in [0.3, 0.4) is 0 Å². The molecule has 0 fully saturated rings. The molecule has 0 unspecified atom stereocenters. The Morgan fingerprint density at radius 3 is 2.03 bits per heavy atom. The van der Waals surface area contributed by atoms with Crippen molar-refractivity contribution in [1.82, 2.24) is 10.8 Å². The largest absolute Gasteiger partial charge is 0.352 e. The van der Waals surface area contributed by atoms with Crippen LogP contribution in [-0.2, 0) is 15.6 Å². The van der Waals surface area contributed by atoms with Crippen LogP contribution in [0.4, 0.5) is 5.69 Å². The van der Waals surface area contributed by atoms with Crippen molar-refractivity contribution in [2.75, 3.05) is 11.9 Å². The van der Waals surface area contributed by atoms with Crippen molar-refractivity contribution < 1.29 is 19.6 Å². The van der Waals surface area contributed by atoms with E-state index in [4.69, 9.17) is 5.21 Å². The monoisotopic (exact) mass is 479 g/mol. The highest BCUT2D eigenvalue weighted by Crippen LogP contribution is 2.46. The van der Waals surface area contributed by atoms with Crippen LogP contribution < -0.4 is 16.1 Å². The zero-order valence-electron chi connectivity index (χ0n) is 21.2. The lowest BCUT2D eigenvalue weighted by atomic mass is 9.63. The van der Waals surface area contributed by atoms with E-state index in [1.54, 1.807) is 29.7 Å². The number of rotatable bonds is 9. The predicted octanol–water partition coefficient (Wildman–Crippen LogP) is 5.08. The van der Waals surface area contributed by atoms with Gasteiger partial charge in [-0.15, -0.1) is 0 Å². The van der Waals surface area contributed by atoms with E-state index in [0.29, 0.717) is 24.1 Å². The highest BCUT2D eigenvalue weighted by atomic mass is 16.5. The number of benzene rings is 2. The van der Waals surface area contributed by atoms with Crippen LogP contribution in [0, 0.1) is 0 Å². The minimum absolute atomic E-state index is 0.0641. The number of fused-ring (bicyclic) bond motifs is 1. The third-order valence-corrected chi connectivity index (χ3v) is 7.01. The molecule has 0 saturated carbocycles. The quantitative estimate of drug-likeness (QED) is 0.228. The van der Waals surface area contributed by atoms with Crippen molar-refractivity contribution in [3.8, 4) is 0 Å². The molecule has 0 spiro atoms. The van der Waals surface area contributed by atoms with Gasteiger partial charge in [0, 0.05) is 29.8 Å². The first-order chi connectivity index (χ1) is 16.5. The van der Waals surface area contributed by atoms with Gasteiger partial charge in [0.05, 0.1) is 0 Å². The molecule has 35 heavy (non-hydrogen) atoms. The van der Waals surface area contributed by atoms with E-state index < -0.39 is 5.91 Å². The molecule has 1 aliphatic rings. The SMILES string of the molecule is CC1(C)CCC(C)(C)c2cc(NC(=O)c3ccc(C(=O)NCCCCCC(=O)NO)cc3)ccc21. The van der Waals surface area contributed by atoms with Gasteiger partial charge in [0.1, 0.15) is 0 Å². The first kappa shape index (κ1) is 26.4. The van der Waals surface area contributed by atoms with Gasteiger partial charge in [-0.25, -0.2) is 5.48 Å². The van der Waals surface area contributed by atoms with Crippen molar-refractivity contribution in [2.24, 2.45) is 0 Å². The highest BCUT2D eigenvalue weighted by molar-refractivity contribution is 6.05. The second kappa shape index (κ2) is 11.0. The summed E-state index contributed by atoms with van der Waals surface area (Å²) < 4.78 is 0. The average molecular weight is 480 g/mol. The smallest absolute Gasteiger partial charge is 0.255 e. The predicted molar refractivity (Wildman–Crippen MR) is 137 cm³/mol. The fourth-order valence-corrected chi connectivity index (χ4v) is 4.59. The summed E-state index contributed by atoms with van der Waals surface area (Å²) in [6.45, 7) is 9.55. The maximum atomic E-state index is 12.8. The molecule has 3 amide bonds. The summed E-state index contributed by atoms with van der Waals surface area (Å²) in [6.07, 6.45) is 4.65. The Hall–Kier alpha value is -3.19. The normalized spacial score (nSPS) is 15.6. The van der Waals surface area contributed by atoms with Crippen LogP contribution >= 0.6 is 0 Å². The molecule has 0 aliphatic heterocycles. The number of unbranched alkanes of at least 4 members (excludes halogenated alkanes) is 2. The molecule has 0 bridgehead atoms. The number of nitrogens with one attached hydrogen (secondary N) is 3. The van der Waals surface area contributed by atoms with E-state index in [9.17, 15) is 14.4 Å². The fraction of sp³-hybridized carbons (Fsp3) is 0.464. The highest BCUT2D eigenvalue weighted by Gasteiger charge is 2.37. The number of carbonyl (C=O) groups is 3. The van der Waals surface area contributed by atoms with E-state index in [1.165, 1.54) is 11.1 Å². The molecular formula is C28H37N3O4. The molecule has 4 N–H and O–H groups in total. The Morgan fingerprint density at radius 2 is 1.40 bits per heavy atom. The zero-order valence-corrected chi connectivity index (χ0v) is 21.2. The number of hydroxylamine groups is 1. The fourth-order valence-electron chi connectivity index (χ4n) is 4.59. The van der Waals surface area contributed by atoms with Crippen LogP contribution in [0.2, 0.25) is 0 Å². The summed E-state index contributed by atoms with van der Waals surface area (Å²) >= 11 is 0. The Balaban J connectivity index is 1.55. The van der Waals surface area contributed by atoms with Gasteiger partial charge in [-0.2, -0.15) is 0 Å². The Bertz CT molecular complexity index is 1070. The average Bonchev–Trinajstić information content (AvgIpc) is 2.84. The lowest BCUT2D eigenvalue weighted by molar-refractivity contribution is -0.129. The van der Waals surface area contributed by atoms with E-state index >= 15 is 0 Å². The molecule has 1 aliphatic carbocycles. The third kappa shape index (κ3) is 6.69. The topological polar surface area (TPSA) is 108 Å². The molecule has 0 saturated heterocycles. The first-order valence-corrected chi connectivity index (χ1v) is 12.3. The molecule has 3 rings (SSSR count). The van der Waals surface area contributed by atoms with Gasteiger partial charge in [0.25, 0.3) is 11.8 Å². The molecule has 0 heterocycles. The molecule has 7 heteroatoms. The van der Waals surface area contributed by atoms with Crippen molar-refractivity contribution in [3.05, 3.63) is 64.7 Å². The Morgan fingerprint density at radius 1 is 0.800 bits per heavy atom. The van der Waals surface area contributed by atoms with Gasteiger partial charge in [0.2, 0.25) is 5.91 Å². The molecular weight excluding hydrogens is 442 g/mol. The van der Waals surface area contributed by atoms with E-state index in [2.05, 4.69) is 50.5 Å². The maximum Gasteiger partial charge on any atom is 0.255 e. The van der Waals surface area contributed by atoms with Crippen LogP contribution in [0.5, 0.6) is 0 Å². The number of amides is 3. The second-order valence-corrected chi connectivity index (χ2v) is 10.7. The lowest BCUT2D eigenvalue weighted by Crippen LogP contribution is -2.33. The van der Waals surface area contributed by atoms with Crippen LogP contribution in [-0.4, -0.2) is 29.5 Å². The minimum atomic E-state index is -0.405. The zero-order chi connectivity index (χ0) is 25.6. The van der Waals surface area contributed by atoms with Crippen molar-refractivity contribution >= 4 is 23.4 Å². The van der Waals surface area contributed by atoms with E-state index in [-0.39, 0.29) is 29.1 Å². The summed E-state index contributed by atoms with van der Waals surface area (Å²) in [7, 11) is 0. The molecule has 7 nitrogen and oxygen atoms in total. The summed E-state index contributed by atoms with van der Waals surface area (Å²) in [5.74, 6) is -0.820. The Labute approximate surface area is 207 Å². The Kier molecular flexibility index (Phi) is 8.33. The van der Waals surface area contributed by atoms with Gasteiger partial charge in [0.15, 0.2) is 0 Å². The molecule has 0 atom stereocenters. The molecule has 0 radical (unpaired) electrons. The molecule has 2 aromatic carbocycles. The summed E-state index contributed by atoms with van der Waals surface area (Å²) in [5, 5.41) is 14.3. The standard InChI is InChI=1S/C28H37N3O4/c1-27(2)15-16-28(3,4)23-18-21(13-14-22(23)27)30-26(34)20-11-9-19(10-12-20)25(33)29-17-7-5-6-8-24(32)31-35/h9-14,18,35H,5-8,15-17H2,1-4H3,(H,29,33)(H,30,34)(H,31,32). The van der Waals surface area contributed by atoms with Gasteiger partial charge >= 0.3 is 0 Å². The van der Waals surface area contributed by atoms with Crippen LogP contribution in [0.1, 0.15) is 98.1 Å². The molecule has 2 aromatic rings. The van der Waals surface area contributed by atoms with Crippen molar-refractivity contribution in [2.45, 2.75) is 77.0 Å². The summed E-state index contributed by atoms with van der Waals surface area (Å²) in [4.78, 5) is 36.1. The second-order valence-electron chi connectivity index (χ2n) is 10.7. The summed E-state index contributed by atoms with van der Waals surface area (Å²) in [6, 6.07) is 12.8. The number of anilines is 1. The lowest BCUT2D eigenvalue weighted by Gasteiger charge is -2.42. The van der Waals surface area contributed by atoms with Crippen LogP contribution in [0.25, 0.3) is 0 Å². The molecule has 0 aromatic heterocycles. The van der Waals surface area contributed by atoms with Crippen LogP contribution in [0.15, 0.2) is 42.5 Å². The first-order valence-electron chi connectivity index (χ1n) is 12.3. The molecule has 188 valence electrons. The summed E-state index contributed by atoms with van der Waals surface area (Å²) in [5.41, 5.74) is 6.17. The number of carbonyl (C=O) groups excluding carboxylic acids is 3. The number of hydrogen-bond donors (Lipinski definition) is 4. The minimum Gasteiger partial charge on any atom is -0.352 e. The van der Waals surface area contributed by atoms with Crippen molar-refractivity contribution in [3.63, 3.8) is 0 Å². The number of hydrogen-bond acceptors (Lipinski definition) is 4. The van der Waals surface area contributed by atoms with E-state index in [1.807, 2.05) is 6.07 Å². The van der Waals surface area contributed by atoms with Gasteiger partial charge in [-0.05, 0) is 84.0 Å². The van der Waals surface area contributed by atoms with Gasteiger partial charge < -0.3 is 10.6 Å². The van der Waals surface area contributed by atoms with E-state index in [0.717, 1.165) is 31.4 Å². The third-order valence-electron chi connectivity index (χ3n) is 7.01.